The summed E-state index contributed by atoms with van der Waals surface area (Å²) in [4.78, 5) is 0. The van der Waals surface area contributed by atoms with E-state index in [1.165, 1.54) is 0 Å². The fourth-order valence-corrected chi connectivity index (χ4v) is 0. The Hall–Kier alpha value is 0.310. The van der Waals surface area contributed by atoms with Crippen LogP contribution in [-0.4, -0.2) is 5.75 Å². The van der Waals surface area contributed by atoms with E-state index in [0.717, 1.165) is 5.75 Å². The van der Waals surface area contributed by atoms with E-state index in [4.69, 9.17) is 5.14 Å². The molecule has 0 bridgehead atoms. The van der Waals surface area contributed by atoms with E-state index < -0.39 is 0 Å². The quantitative estimate of drug-likeness (QED) is 0.457. The van der Waals surface area contributed by atoms with Crippen LogP contribution >= 0.6 is 11.1 Å². The fraction of sp³-hybridized carbons (Fsp3) is 0.667. The number of hydrogen-bond acceptors (Lipinski definition) is 1. The first-order valence-electron chi connectivity index (χ1n) is 1.60. The monoisotopic (exact) mass is 92.1 g/mol. The molecule has 2 N–H and O–H groups in total. The maximum absolute atomic E-state index is 5.25. The third kappa shape index (κ3) is 4.31. The fourth-order valence-electron chi connectivity index (χ4n) is 0. The predicted octanol–water partition coefficient (Wildman–Crippen LogP) is 0.673. The number of thiol groups is 1. The summed E-state index contributed by atoms with van der Waals surface area (Å²) < 4.78 is 0. The van der Waals surface area contributed by atoms with E-state index in [9.17, 15) is 0 Å². The van der Waals surface area contributed by atoms with Gasteiger partial charge in [0.1, 0.15) is 0 Å². The van der Waals surface area contributed by atoms with Crippen molar-refractivity contribution < 1.29 is 0 Å². The molecule has 0 aromatic heterocycles. The van der Waals surface area contributed by atoms with Crippen molar-refractivity contribution >= 4 is 11.1 Å². The molecule has 0 saturated heterocycles. The molecule has 0 aliphatic heterocycles. The maximum Gasteiger partial charge on any atom is -0.00527 e. The molecule has 1 atom stereocenters. The van der Waals surface area contributed by atoms with Crippen LogP contribution in [0.3, 0.4) is 0 Å². The van der Waals surface area contributed by atoms with Crippen molar-refractivity contribution in [2.24, 2.45) is 5.14 Å². The summed E-state index contributed by atoms with van der Waals surface area (Å²) in [7, 11) is 0. The smallest absolute Gasteiger partial charge is 0.00527 e. The van der Waals surface area contributed by atoms with E-state index in [2.05, 4.69) is 6.26 Å². The molecule has 1 unspecified atom stereocenters. The van der Waals surface area contributed by atoms with E-state index in [1.54, 1.807) is 0 Å². The largest absolute Gasteiger partial charge is 0.297 e. The Labute approximate surface area is 36.0 Å². The zero-order chi connectivity index (χ0) is 4.28. The molecular formula is C3H10NS. The summed E-state index contributed by atoms with van der Waals surface area (Å²) in [6.07, 6.45) is 3.60. The van der Waals surface area contributed by atoms with Gasteiger partial charge in [0, 0.05) is 0 Å². The topological polar surface area (TPSA) is 26.0 Å². The van der Waals surface area contributed by atoms with Crippen LogP contribution in [0.1, 0.15) is 6.92 Å². The Morgan fingerprint density at radius 3 is 2.20 bits per heavy atom. The van der Waals surface area contributed by atoms with Gasteiger partial charge in [0.05, 0.1) is 0 Å². The van der Waals surface area contributed by atoms with Crippen molar-refractivity contribution in [2.45, 2.75) is 6.92 Å². The summed E-state index contributed by atoms with van der Waals surface area (Å²) in [6, 6.07) is 0. The first-order chi connectivity index (χ1) is 2.27. The van der Waals surface area contributed by atoms with E-state index >= 15 is 0 Å². The Morgan fingerprint density at radius 1 is 2.00 bits per heavy atom. The van der Waals surface area contributed by atoms with Gasteiger partial charge < -0.3 is 0 Å². The first kappa shape index (κ1) is 5.31. The van der Waals surface area contributed by atoms with Gasteiger partial charge in [-0.3, -0.25) is 5.14 Å². The van der Waals surface area contributed by atoms with E-state index in [-0.39, 0.29) is 11.1 Å². The van der Waals surface area contributed by atoms with Crippen molar-refractivity contribution in [3.05, 3.63) is 6.26 Å². The highest BCUT2D eigenvalue weighted by Crippen LogP contribution is 2.06. The molecule has 0 spiro atoms. The van der Waals surface area contributed by atoms with Gasteiger partial charge in [-0.1, -0.05) is 6.92 Å². The Balaban J connectivity index is 2.54. The summed E-state index contributed by atoms with van der Waals surface area (Å²) in [5.41, 5.74) is 0. The van der Waals surface area contributed by atoms with Crippen LogP contribution < -0.4 is 5.14 Å². The molecule has 1 nitrogen and oxygen atoms in total. The number of nitrogens with two attached hydrogens (primary N) is 1. The first-order valence-corrected chi connectivity index (χ1v) is 3.38. The molecule has 0 rings (SSSR count). The second-order valence-electron chi connectivity index (χ2n) is 0.905. The molecule has 0 saturated carbocycles. The molecule has 0 amide bonds. The molecule has 33 valence electrons. The van der Waals surface area contributed by atoms with Crippen LogP contribution in [0, 0.1) is 6.26 Å². The van der Waals surface area contributed by atoms with Gasteiger partial charge in [-0.25, -0.2) is 11.1 Å². The van der Waals surface area contributed by atoms with Gasteiger partial charge in [-0.05, 0) is 12.0 Å². The second kappa shape index (κ2) is 2.54. The van der Waals surface area contributed by atoms with Crippen LogP contribution in [-0.2, 0) is 0 Å². The molecule has 0 aromatic rings. The third-order valence-corrected chi connectivity index (χ3v) is 1.22. The molecule has 0 aliphatic rings. The lowest BCUT2D eigenvalue weighted by atomic mass is 11.0. The van der Waals surface area contributed by atoms with Gasteiger partial charge in [0.2, 0.25) is 0 Å². The Morgan fingerprint density at radius 2 is 2.20 bits per heavy atom. The molecule has 5 heavy (non-hydrogen) atoms. The highest BCUT2D eigenvalue weighted by atomic mass is 32.2. The van der Waals surface area contributed by atoms with Crippen molar-refractivity contribution in [2.75, 3.05) is 5.75 Å². The highest BCUT2D eigenvalue weighted by molar-refractivity contribution is 8.16. The van der Waals surface area contributed by atoms with Crippen molar-refractivity contribution in [1.29, 1.82) is 0 Å². The standard InChI is InChI=1S/C3H10NS/c1-3-5(2)4/h5H,2-4H2,1H3. The lowest BCUT2D eigenvalue weighted by Gasteiger charge is -1.99. The molecule has 1 radical (unpaired) electrons. The second-order valence-corrected chi connectivity index (χ2v) is 2.71. The van der Waals surface area contributed by atoms with Crippen LogP contribution in [0.5, 0.6) is 0 Å². The maximum atomic E-state index is 5.25. The summed E-state index contributed by atoms with van der Waals surface area (Å²) in [5.74, 6) is 1.04. The average molecular weight is 92.2 g/mol. The van der Waals surface area contributed by atoms with Gasteiger partial charge >= 0.3 is 0 Å². The summed E-state index contributed by atoms with van der Waals surface area (Å²) >= 11 is -0.348. The van der Waals surface area contributed by atoms with Gasteiger partial charge in [-0.2, -0.15) is 0 Å². The Bertz CT molecular complexity index is 20.9. The van der Waals surface area contributed by atoms with Crippen LogP contribution in [0.25, 0.3) is 0 Å². The lowest BCUT2D eigenvalue weighted by molar-refractivity contribution is 1.51. The number of rotatable bonds is 1. The lowest BCUT2D eigenvalue weighted by Crippen LogP contribution is -1.88. The van der Waals surface area contributed by atoms with E-state index in [1.807, 2.05) is 6.92 Å². The normalized spacial score (nSPS) is 18.6. The molecule has 0 heterocycles. The van der Waals surface area contributed by atoms with Crippen LogP contribution in [0.15, 0.2) is 0 Å². The molecule has 0 aliphatic carbocycles. The SMILES string of the molecule is [CH2][SH](N)CC. The van der Waals surface area contributed by atoms with Crippen molar-refractivity contribution in [3.63, 3.8) is 0 Å². The van der Waals surface area contributed by atoms with Crippen molar-refractivity contribution in [3.8, 4) is 0 Å². The van der Waals surface area contributed by atoms with Crippen LogP contribution in [0.2, 0.25) is 0 Å². The zero-order valence-corrected chi connectivity index (χ0v) is 4.33. The van der Waals surface area contributed by atoms with Crippen molar-refractivity contribution in [1.82, 2.24) is 0 Å². The minimum atomic E-state index is -0.348. The number of hydrogen-bond donors (Lipinski definition) is 2. The van der Waals surface area contributed by atoms with Crippen LogP contribution in [0.4, 0.5) is 0 Å². The van der Waals surface area contributed by atoms with Gasteiger partial charge in [0.25, 0.3) is 0 Å². The molecule has 0 aromatic carbocycles. The van der Waals surface area contributed by atoms with Gasteiger partial charge in [0.15, 0.2) is 0 Å². The molecule has 2 heteroatoms. The summed E-state index contributed by atoms with van der Waals surface area (Å²) in [5, 5.41) is 5.25. The van der Waals surface area contributed by atoms with E-state index in [0.29, 0.717) is 0 Å². The third-order valence-electron chi connectivity index (χ3n) is 0.406. The zero-order valence-electron chi connectivity index (χ0n) is 3.44. The molecular weight excluding hydrogens is 82.1 g/mol. The minimum absolute atomic E-state index is 0.348. The minimum Gasteiger partial charge on any atom is -0.297 e. The Kier molecular flexibility index (Phi) is 2.70. The summed E-state index contributed by atoms with van der Waals surface area (Å²) in [6.45, 7) is 2.04. The highest BCUT2D eigenvalue weighted by Gasteiger charge is 1.72. The molecule has 0 fully saturated rings. The van der Waals surface area contributed by atoms with Gasteiger partial charge in [-0.15, -0.1) is 0 Å². The predicted molar refractivity (Wildman–Crippen MR) is 29.1 cm³/mol. The average Bonchev–Trinajstić information content (AvgIpc) is 1.38.